The number of Topliss-reactive ketones (excluding diaryl/α,β-unsaturated/α-hetero) is 1. The number of hydrogen-bond acceptors (Lipinski definition) is 6. The molecule has 1 aromatic carbocycles. The lowest BCUT2D eigenvalue weighted by Crippen LogP contribution is -2.56. The van der Waals surface area contributed by atoms with E-state index in [0.717, 1.165) is 6.20 Å². The predicted octanol–water partition coefficient (Wildman–Crippen LogP) is 1.87. The summed E-state index contributed by atoms with van der Waals surface area (Å²) >= 11 is 0. The minimum atomic E-state index is -0.650. The number of rotatable bonds is 4. The molecule has 10 heteroatoms. The highest BCUT2D eigenvalue weighted by atomic mass is 16.2. The Morgan fingerprint density at radius 1 is 1.06 bits per heavy atom. The number of aromatic amines is 2. The number of carbonyl (C=O) groups excluding carboxylic acids is 3. The lowest BCUT2D eigenvalue weighted by atomic mass is 10.1. The molecule has 5 rings (SSSR count). The fourth-order valence-corrected chi connectivity index (χ4v) is 4.40. The zero-order valence-electron chi connectivity index (χ0n) is 18.9. The molecule has 2 N–H and O–H groups in total. The Kier molecular flexibility index (Phi) is 5.69. The van der Waals surface area contributed by atoms with Gasteiger partial charge < -0.3 is 19.8 Å². The Morgan fingerprint density at radius 3 is 2.60 bits per heavy atom. The van der Waals surface area contributed by atoms with Gasteiger partial charge in [-0.15, -0.1) is 0 Å². The molecule has 0 saturated carbocycles. The Labute approximate surface area is 199 Å². The van der Waals surface area contributed by atoms with Gasteiger partial charge in [0.25, 0.3) is 23.2 Å². The van der Waals surface area contributed by atoms with Gasteiger partial charge in [0.2, 0.25) is 0 Å². The van der Waals surface area contributed by atoms with E-state index in [1.807, 2.05) is 25.1 Å². The highest BCUT2D eigenvalue weighted by Gasteiger charge is 2.34. The molecule has 1 aliphatic heterocycles. The van der Waals surface area contributed by atoms with Gasteiger partial charge in [-0.3, -0.25) is 29.1 Å². The number of carbonyl (C=O) groups is 3. The maximum absolute atomic E-state index is 13.2. The van der Waals surface area contributed by atoms with E-state index in [0.29, 0.717) is 40.9 Å². The molecule has 3 aromatic heterocycles. The molecule has 1 saturated heterocycles. The number of piperazine rings is 1. The molecule has 0 spiro atoms. The lowest BCUT2D eigenvalue weighted by Gasteiger charge is -2.39. The van der Waals surface area contributed by atoms with E-state index in [-0.39, 0.29) is 29.6 Å². The third-order valence-corrected chi connectivity index (χ3v) is 6.15. The van der Waals surface area contributed by atoms with Gasteiger partial charge in [0.15, 0.2) is 0 Å². The molecule has 1 aliphatic rings. The largest absolute Gasteiger partial charge is 0.359 e. The summed E-state index contributed by atoms with van der Waals surface area (Å²) in [6.45, 7) is 2.76. The maximum atomic E-state index is 13.2. The quantitative estimate of drug-likeness (QED) is 0.346. The molecule has 4 heterocycles. The summed E-state index contributed by atoms with van der Waals surface area (Å²) in [7, 11) is 0. The van der Waals surface area contributed by atoms with Crippen LogP contribution in [0, 0.1) is 0 Å². The van der Waals surface area contributed by atoms with Crippen molar-refractivity contribution >= 4 is 28.5 Å². The molecular formula is C25H22N6O4. The van der Waals surface area contributed by atoms with Gasteiger partial charge in [0.05, 0.1) is 29.2 Å². The first-order valence-corrected chi connectivity index (χ1v) is 11.1. The number of nitrogens with one attached hydrogen (secondary N) is 2. The smallest absolute Gasteiger partial charge is 0.295 e. The predicted molar refractivity (Wildman–Crippen MR) is 128 cm³/mol. The molecule has 35 heavy (non-hydrogen) atoms. The normalized spacial score (nSPS) is 15.9. The standard InChI is InChI=1S/C25H22N6O4/c1-15-14-30(24(34)16-5-3-2-4-6-16)9-10-31(15)25(35)23(33)18-11-28-21-17(18)7-8-27-22(21)19-12-26-13-20(32)29-19/h2-8,11-13,15,28H,9-10,14H2,1H3,(H,29,32). The summed E-state index contributed by atoms with van der Waals surface area (Å²) in [4.78, 5) is 67.9. The first kappa shape index (κ1) is 22.2. The van der Waals surface area contributed by atoms with E-state index in [1.54, 1.807) is 23.1 Å². The van der Waals surface area contributed by atoms with Crippen molar-refractivity contribution in [2.75, 3.05) is 19.6 Å². The van der Waals surface area contributed by atoms with Crippen LogP contribution in [-0.4, -0.2) is 73.0 Å². The fourth-order valence-electron chi connectivity index (χ4n) is 4.40. The molecule has 4 aromatic rings. The zero-order valence-corrected chi connectivity index (χ0v) is 18.9. The van der Waals surface area contributed by atoms with Gasteiger partial charge in [0.1, 0.15) is 5.69 Å². The number of amides is 2. The fraction of sp³-hybridized carbons (Fsp3) is 0.200. The summed E-state index contributed by atoms with van der Waals surface area (Å²) in [5.41, 5.74) is 1.75. The summed E-state index contributed by atoms with van der Waals surface area (Å²) < 4.78 is 0. The molecule has 0 aliphatic carbocycles. The summed E-state index contributed by atoms with van der Waals surface area (Å²) in [6, 6.07) is 10.3. The molecule has 10 nitrogen and oxygen atoms in total. The lowest BCUT2D eigenvalue weighted by molar-refractivity contribution is -0.130. The van der Waals surface area contributed by atoms with Gasteiger partial charge in [-0.25, -0.2) is 0 Å². The van der Waals surface area contributed by atoms with E-state index in [9.17, 15) is 19.2 Å². The molecule has 176 valence electrons. The number of hydrogen-bond donors (Lipinski definition) is 2. The average Bonchev–Trinajstić information content (AvgIpc) is 3.32. The number of nitrogens with zero attached hydrogens (tertiary/aromatic N) is 4. The van der Waals surface area contributed by atoms with Gasteiger partial charge in [0, 0.05) is 49.0 Å². The molecule has 1 atom stereocenters. The van der Waals surface area contributed by atoms with E-state index < -0.39 is 11.7 Å². The van der Waals surface area contributed by atoms with Gasteiger partial charge in [-0.2, -0.15) is 0 Å². The number of pyridine rings is 1. The van der Waals surface area contributed by atoms with Crippen molar-refractivity contribution in [3.8, 4) is 11.4 Å². The van der Waals surface area contributed by atoms with Crippen LogP contribution in [0.5, 0.6) is 0 Å². The van der Waals surface area contributed by atoms with E-state index >= 15 is 0 Å². The Balaban J connectivity index is 1.36. The van der Waals surface area contributed by atoms with Crippen LogP contribution in [0.25, 0.3) is 22.3 Å². The van der Waals surface area contributed by atoms with Crippen molar-refractivity contribution in [1.29, 1.82) is 0 Å². The number of aromatic nitrogens is 4. The van der Waals surface area contributed by atoms with Crippen LogP contribution in [-0.2, 0) is 4.79 Å². The van der Waals surface area contributed by atoms with Crippen LogP contribution in [0.15, 0.2) is 66.0 Å². The Bertz CT molecular complexity index is 1490. The molecule has 1 unspecified atom stereocenters. The van der Waals surface area contributed by atoms with Gasteiger partial charge >= 0.3 is 0 Å². The van der Waals surface area contributed by atoms with Crippen molar-refractivity contribution < 1.29 is 14.4 Å². The number of H-pyrrole nitrogens is 2. The van der Waals surface area contributed by atoms with E-state index in [4.69, 9.17) is 0 Å². The Morgan fingerprint density at radius 2 is 1.86 bits per heavy atom. The second-order valence-electron chi connectivity index (χ2n) is 8.39. The van der Waals surface area contributed by atoms with Crippen LogP contribution in [0.4, 0.5) is 0 Å². The van der Waals surface area contributed by atoms with Gasteiger partial charge in [-0.05, 0) is 25.1 Å². The third kappa shape index (κ3) is 4.10. The van der Waals surface area contributed by atoms with Crippen LogP contribution in [0.2, 0.25) is 0 Å². The minimum absolute atomic E-state index is 0.0963. The summed E-state index contributed by atoms with van der Waals surface area (Å²) in [6.07, 6.45) is 5.61. The highest BCUT2D eigenvalue weighted by Crippen LogP contribution is 2.27. The van der Waals surface area contributed by atoms with Crippen molar-refractivity contribution in [2.45, 2.75) is 13.0 Å². The topological polar surface area (TPSA) is 132 Å². The van der Waals surface area contributed by atoms with Crippen molar-refractivity contribution in [1.82, 2.24) is 29.7 Å². The zero-order chi connectivity index (χ0) is 24.5. The number of fused-ring (bicyclic) bond motifs is 1. The van der Waals surface area contributed by atoms with Crippen molar-refractivity contribution in [2.24, 2.45) is 0 Å². The molecule has 0 radical (unpaired) electrons. The summed E-state index contributed by atoms with van der Waals surface area (Å²) in [5.74, 6) is -1.37. The van der Waals surface area contributed by atoms with E-state index in [2.05, 4.69) is 19.9 Å². The SMILES string of the molecule is CC1CN(C(=O)c2ccccc2)CCN1C(=O)C(=O)c1c[nH]c2c(-c3cncc(=O)[nH]3)nccc12. The second kappa shape index (κ2) is 8.98. The maximum Gasteiger partial charge on any atom is 0.295 e. The van der Waals surface area contributed by atoms with Crippen LogP contribution < -0.4 is 5.56 Å². The molecule has 1 fully saturated rings. The van der Waals surface area contributed by atoms with Crippen molar-refractivity contribution in [3.05, 3.63) is 82.7 Å². The number of ketones is 1. The first-order valence-electron chi connectivity index (χ1n) is 11.1. The molecule has 0 bridgehead atoms. The average molecular weight is 470 g/mol. The summed E-state index contributed by atoms with van der Waals surface area (Å²) in [5, 5.41) is 0.517. The third-order valence-electron chi connectivity index (χ3n) is 6.15. The highest BCUT2D eigenvalue weighted by molar-refractivity contribution is 6.45. The number of benzene rings is 1. The van der Waals surface area contributed by atoms with Crippen LogP contribution in [0.1, 0.15) is 27.6 Å². The van der Waals surface area contributed by atoms with Crippen LogP contribution >= 0.6 is 0 Å². The first-order chi connectivity index (χ1) is 16.9. The minimum Gasteiger partial charge on any atom is -0.359 e. The van der Waals surface area contributed by atoms with Crippen molar-refractivity contribution in [3.63, 3.8) is 0 Å². The monoisotopic (exact) mass is 470 g/mol. The Hall–Kier alpha value is -4.60. The van der Waals surface area contributed by atoms with Crippen LogP contribution in [0.3, 0.4) is 0 Å². The van der Waals surface area contributed by atoms with Gasteiger partial charge in [-0.1, -0.05) is 18.2 Å². The second-order valence-corrected chi connectivity index (χ2v) is 8.39. The molecule has 2 amide bonds. The molecular weight excluding hydrogens is 448 g/mol. The van der Waals surface area contributed by atoms with E-state index in [1.165, 1.54) is 23.5 Å².